The highest BCUT2D eigenvalue weighted by Gasteiger charge is 2.24. The number of hydrogen-bond acceptors (Lipinski definition) is 2. The smallest absolute Gasteiger partial charge is 0.323 e. The zero-order chi connectivity index (χ0) is 10.3. The maximum atomic E-state index is 12.1. The van der Waals surface area contributed by atoms with Crippen molar-refractivity contribution in [2.45, 2.75) is 6.04 Å². The van der Waals surface area contributed by atoms with Crippen molar-refractivity contribution in [3.8, 4) is 0 Å². The normalized spacial score (nSPS) is 13.2. The molecule has 1 unspecified atom stereocenters. The summed E-state index contributed by atoms with van der Waals surface area (Å²) in [5.74, 6) is -1.40. The third-order valence-corrected chi connectivity index (χ3v) is 1.62. The summed E-state index contributed by atoms with van der Waals surface area (Å²) in [5, 5.41) is 8.47. The van der Waals surface area contributed by atoms with Gasteiger partial charge in [-0.3, -0.25) is 9.69 Å². The van der Waals surface area contributed by atoms with E-state index < -0.39 is 32.0 Å². The lowest BCUT2D eigenvalue weighted by atomic mass is 10.2. The van der Waals surface area contributed by atoms with Gasteiger partial charge in [0, 0.05) is 13.1 Å². The van der Waals surface area contributed by atoms with Gasteiger partial charge in [-0.05, 0) is 0 Å². The second kappa shape index (κ2) is 6.71. The molecule has 0 spiro atoms. The second-order valence-corrected chi connectivity index (χ2v) is 2.42. The zero-order valence-electron chi connectivity index (χ0n) is 7.05. The van der Waals surface area contributed by atoms with Crippen LogP contribution >= 0.6 is 0 Å². The lowest BCUT2D eigenvalue weighted by Crippen LogP contribution is -2.45. The SMILES string of the molecule is O=C(O)C(CF)N(CCF)CCF. The van der Waals surface area contributed by atoms with Crippen molar-refractivity contribution in [2.75, 3.05) is 33.1 Å². The minimum absolute atomic E-state index is 0.259. The Balaban J connectivity index is 4.20. The third kappa shape index (κ3) is 4.12. The molecule has 0 saturated carbocycles. The van der Waals surface area contributed by atoms with Crippen LogP contribution in [-0.4, -0.2) is 55.1 Å². The van der Waals surface area contributed by atoms with Gasteiger partial charge in [0.05, 0.1) is 0 Å². The molecule has 0 aromatic heterocycles. The number of rotatable bonds is 7. The highest BCUT2D eigenvalue weighted by Crippen LogP contribution is 2.01. The molecule has 0 aliphatic heterocycles. The molecule has 0 fully saturated rings. The van der Waals surface area contributed by atoms with Gasteiger partial charge in [-0.25, -0.2) is 13.2 Å². The van der Waals surface area contributed by atoms with Crippen LogP contribution in [0.25, 0.3) is 0 Å². The molecule has 1 atom stereocenters. The van der Waals surface area contributed by atoms with E-state index >= 15 is 0 Å². The fourth-order valence-corrected chi connectivity index (χ4v) is 0.960. The summed E-state index contributed by atoms with van der Waals surface area (Å²) in [6, 6.07) is -1.44. The van der Waals surface area contributed by atoms with Crippen LogP contribution in [0.15, 0.2) is 0 Å². The Morgan fingerprint density at radius 3 is 1.92 bits per heavy atom. The minimum atomic E-state index is -1.44. The first-order valence-electron chi connectivity index (χ1n) is 3.82. The molecule has 0 aliphatic rings. The number of aliphatic carboxylic acids is 1. The van der Waals surface area contributed by atoms with Gasteiger partial charge in [0.2, 0.25) is 0 Å². The lowest BCUT2D eigenvalue weighted by molar-refractivity contribution is -0.144. The third-order valence-electron chi connectivity index (χ3n) is 1.62. The summed E-state index contributed by atoms with van der Waals surface area (Å²) in [7, 11) is 0. The Bertz CT molecular complexity index is 151. The van der Waals surface area contributed by atoms with Gasteiger partial charge in [0.15, 0.2) is 0 Å². The Kier molecular flexibility index (Phi) is 6.30. The summed E-state index contributed by atoms with van der Waals surface area (Å²) in [4.78, 5) is 11.3. The summed E-state index contributed by atoms with van der Waals surface area (Å²) in [6.45, 7) is -3.29. The highest BCUT2D eigenvalue weighted by atomic mass is 19.1. The average Bonchev–Trinajstić information content (AvgIpc) is 2.05. The van der Waals surface area contributed by atoms with Crippen molar-refractivity contribution in [3.63, 3.8) is 0 Å². The van der Waals surface area contributed by atoms with Gasteiger partial charge in [0.25, 0.3) is 0 Å². The Morgan fingerprint density at radius 1 is 1.23 bits per heavy atom. The van der Waals surface area contributed by atoms with E-state index in [1.807, 2.05) is 0 Å². The molecule has 78 valence electrons. The molecule has 0 rings (SSSR count). The molecule has 0 saturated heterocycles. The molecule has 13 heavy (non-hydrogen) atoms. The van der Waals surface area contributed by atoms with E-state index in [1.165, 1.54) is 0 Å². The van der Waals surface area contributed by atoms with E-state index in [0.717, 1.165) is 4.90 Å². The van der Waals surface area contributed by atoms with E-state index in [9.17, 15) is 18.0 Å². The molecule has 0 aliphatic carbocycles. The van der Waals surface area contributed by atoms with Crippen molar-refractivity contribution in [1.82, 2.24) is 4.90 Å². The summed E-state index contributed by atoms with van der Waals surface area (Å²) in [5.41, 5.74) is 0. The first-order chi connectivity index (χ1) is 6.17. The van der Waals surface area contributed by atoms with Gasteiger partial charge in [-0.15, -0.1) is 0 Å². The summed E-state index contributed by atoms with van der Waals surface area (Å²) >= 11 is 0. The second-order valence-electron chi connectivity index (χ2n) is 2.42. The Hall–Kier alpha value is -0.780. The molecule has 6 heteroatoms. The molecule has 1 N–H and O–H groups in total. The van der Waals surface area contributed by atoms with Crippen LogP contribution in [-0.2, 0) is 4.79 Å². The number of hydrogen-bond donors (Lipinski definition) is 1. The fourth-order valence-electron chi connectivity index (χ4n) is 0.960. The highest BCUT2D eigenvalue weighted by molar-refractivity contribution is 5.73. The van der Waals surface area contributed by atoms with Crippen LogP contribution in [0.1, 0.15) is 0 Å². The Labute approximate surface area is 74.1 Å². The molecule has 0 aromatic carbocycles. The minimum Gasteiger partial charge on any atom is -0.480 e. The fraction of sp³-hybridized carbons (Fsp3) is 0.857. The van der Waals surface area contributed by atoms with E-state index in [0.29, 0.717) is 0 Å². The first kappa shape index (κ1) is 12.2. The summed E-state index contributed by atoms with van der Waals surface area (Å²) < 4.78 is 35.8. The summed E-state index contributed by atoms with van der Waals surface area (Å²) in [6.07, 6.45) is 0. The molecule has 0 aromatic rings. The average molecular weight is 199 g/mol. The standard InChI is InChI=1S/C7H12F3NO2/c8-1-3-11(4-2-9)6(5-10)7(12)13/h6H,1-5H2,(H,12,13). The predicted molar refractivity (Wildman–Crippen MR) is 40.9 cm³/mol. The molecule has 0 radical (unpaired) electrons. The molecular weight excluding hydrogens is 187 g/mol. The van der Waals surface area contributed by atoms with Crippen LogP contribution < -0.4 is 0 Å². The van der Waals surface area contributed by atoms with Gasteiger partial charge < -0.3 is 5.11 Å². The number of carbonyl (C=O) groups is 1. The van der Waals surface area contributed by atoms with Crippen molar-refractivity contribution < 1.29 is 23.1 Å². The number of alkyl halides is 3. The van der Waals surface area contributed by atoms with Crippen molar-refractivity contribution in [2.24, 2.45) is 0 Å². The molecule has 3 nitrogen and oxygen atoms in total. The van der Waals surface area contributed by atoms with Gasteiger partial charge >= 0.3 is 5.97 Å². The van der Waals surface area contributed by atoms with Gasteiger partial charge in [-0.2, -0.15) is 0 Å². The van der Waals surface area contributed by atoms with E-state index in [1.54, 1.807) is 0 Å². The van der Waals surface area contributed by atoms with E-state index in [4.69, 9.17) is 5.11 Å². The number of halogens is 3. The first-order valence-corrected chi connectivity index (χ1v) is 3.82. The van der Waals surface area contributed by atoms with E-state index in [-0.39, 0.29) is 13.1 Å². The number of carboxylic acids is 1. The van der Waals surface area contributed by atoms with Crippen molar-refractivity contribution in [1.29, 1.82) is 0 Å². The lowest BCUT2D eigenvalue weighted by Gasteiger charge is -2.24. The van der Waals surface area contributed by atoms with Crippen LogP contribution in [0.4, 0.5) is 13.2 Å². The maximum Gasteiger partial charge on any atom is 0.323 e. The monoisotopic (exact) mass is 199 g/mol. The maximum absolute atomic E-state index is 12.1. The largest absolute Gasteiger partial charge is 0.480 e. The molecule has 0 amide bonds. The Morgan fingerprint density at radius 2 is 1.69 bits per heavy atom. The van der Waals surface area contributed by atoms with Gasteiger partial charge in [0.1, 0.15) is 26.1 Å². The van der Waals surface area contributed by atoms with E-state index in [2.05, 4.69) is 0 Å². The van der Waals surface area contributed by atoms with Crippen LogP contribution in [0.3, 0.4) is 0 Å². The molecule has 0 bridgehead atoms. The molecule has 0 heterocycles. The number of carboxylic acid groups (broad SMARTS) is 1. The predicted octanol–water partition coefficient (Wildman–Crippen LogP) is 0.650. The van der Waals surface area contributed by atoms with Gasteiger partial charge in [-0.1, -0.05) is 0 Å². The quantitative estimate of drug-likeness (QED) is 0.654. The zero-order valence-corrected chi connectivity index (χ0v) is 7.05. The van der Waals surface area contributed by atoms with Crippen molar-refractivity contribution >= 4 is 5.97 Å². The van der Waals surface area contributed by atoms with Crippen LogP contribution in [0, 0.1) is 0 Å². The topological polar surface area (TPSA) is 40.5 Å². The molecular formula is C7H12F3NO2. The van der Waals surface area contributed by atoms with Crippen molar-refractivity contribution in [3.05, 3.63) is 0 Å². The number of nitrogens with zero attached hydrogens (tertiary/aromatic N) is 1. The van der Waals surface area contributed by atoms with Crippen LogP contribution in [0.2, 0.25) is 0 Å². The van der Waals surface area contributed by atoms with Crippen LogP contribution in [0.5, 0.6) is 0 Å².